The molecule has 0 aliphatic carbocycles. The van der Waals surface area contributed by atoms with Crippen LogP contribution in [0.1, 0.15) is 17.4 Å². The van der Waals surface area contributed by atoms with Crippen LogP contribution in [0.25, 0.3) is 0 Å². The molecule has 1 aromatic heterocycles. The second-order valence-electron chi connectivity index (χ2n) is 4.87. The molecule has 1 aromatic carbocycles. The highest BCUT2D eigenvalue weighted by Gasteiger charge is 2.09. The molecule has 3 nitrogen and oxygen atoms in total. The lowest BCUT2D eigenvalue weighted by Gasteiger charge is -2.15. The van der Waals surface area contributed by atoms with Crippen molar-refractivity contribution in [3.63, 3.8) is 0 Å². The molecule has 5 heteroatoms. The Hall–Kier alpha value is -1.04. The number of hydrogen-bond donors (Lipinski definition) is 1. The van der Waals surface area contributed by atoms with Crippen LogP contribution < -0.4 is 14.8 Å². The molecule has 0 spiro atoms. The first-order chi connectivity index (χ1) is 10.1. The fraction of sp³-hybridized carbons (Fsp3) is 0.375. The summed E-state index contributed by atoms with van der Waals surface area (Å²) in [4.78, 5) is 1.33. The van der Waals surface area contributed by atoms with Gasteiger partial charge in [-0.25, -0.2) is 0 Å². The van der Waals surface area contributed by atoms with Crippen molar-refractivity contribution in [3.8, 4) is 11.5 Å². The van der Waals surface area contributed by atoms with Crippen LogP contribution in [-0.2, 0) is 13.0 Å². The Labute approximate surface area is 138 Å². The molecule has 0 bridgehead atoms. The molecule has 0 aliphatic rings. The van der Waals surface area contributed by atoms with Crippen molar-refractivity contribution in [2.45, 2.75) is 25.9 Å². The van der Waals surface area contributed by atoms with Crippen molar-refractivity contribution < 1.29 is 9.47 Å². The Bertz CT molecular complexity index is 585. The third kappa shape index (κ3) is 4.46. The van der Waals surface area contributed by atoms with E-state index in [4.69, 9.17) is 9.47 Å². The number of rotatable bonds is 7. The topological polar surface area (TPSA) is 30.5 Å². The monoisotopic (exact) mass is 369 g/mol. The first-order valence-electron chi connectivity index (χ1n) is 6.80. The van der Waals surface area contributed by atoms with Crippen LogP contribution in [-0.4, -0.2) is 20.3 Å². The molecule has 0 saturated heterocycles. The molecule has 2 rings (SSSR count). The number of benzene rings is 1. The second-order valence-corrected chi connectivity index (χ2v) is 6.72. The molecule has 0 aliphatic heterocycles. The first-order valence-corrected chi connectivity index (χ1v) is 8.47. The van der Waals surface area contributed by atoms with E-state index in [1.54, 1.807) is 25.6 Å². The molecule has 1 atom stereocenters. The number of hydrogen-bond acceptors (Lipinski definition) is 4. The Balaban J connectivity index is 1.93. The molecule has 114 valence electrons. The van der Waals surface area contributed by atoms with Crippen LogP contribution >= 0.6 is 27.3 Å². The van der Waals surface area contributed by atoms with Gasteiger partial charge in [-0.05, 0) is 58.4 Å². The molecule has 1 unspecified atom stereocenters. The fourth-order valence-corrected chi connectivity index (χ4v) is 3.59. The van der Waals surface area contributed by atoms with Gasteiger partial charge in [0.05, 0.1) is 14.2 Å². The smallest absolute Gasteiger partial charge is 0.160 e. The predicted octanol–water partition coefficient (Wildman–Crippen LogP) is 4.25. The van der Waals surface area contributed by atoms with Crippen LogP contribution in [0.4, 0.5) is 0 Å². The maximum absolute atomic E-state index is 5.34. The van der Waals surface area contributed by atoms with E-state index in [1.165, 1.54) is 14.9 Å². The lowest BCUT2D eigenvalue weighted by molar-refractivity contribution is 0.354. The van der Waals surface area contributed by atoms with Gasteiger partial charge in [0.1, 0.15) is 0 Å². The Kier molecular flexibility index (Phi) is 6.08. The van der Waals surface area contributed by atoms with E-state index in [2.05, 4.69) is 45.7 Å². The van der Waals surface area contributed by atoms with Crippen molar-refractivity contribution in [2.75, 3.05) is 14.2 Å². The number of nitrogens with one attached hydrogen (secondary N) is 1. The van der Waals surface area contributed by atoms with Gasteiger partial charge >= 0.3 is 0 Å². The van der Waals surface area contributed by atoms with Gasteiger partial charge in [0.2, 0.25) is 0 Å². The minimum atomic E-state index is 0.386. The van der Waals surface area contributed by atoms with Gasteiger partial charge in [0.25, 0.3) is 0 Å². The summed E-state index contributed by atoms with van der Waals surface area (Å²) in [6, 6.07) is 8.55. The van der Waals surface area contributed by atoms with Gasteiger partial charge in [0.15, 0.2) is 11.5 Å². The van der Waals surface area contributed by atoms with Gasteiger partial charge in [-0.15, -0.1) is 11.3 Å². The minimum Gasteiger partial charge on any atom is -0.493 e. The van der Waals surface area contributed by atoms with Crippen molar-refractivity contribution in [3.05, 3.63) is 44.6 Å². The third-order valence-corrected chi connectivity index (χ3v) is 5.22. The predicted molar refractivity (Wildman–Crippen MR) is 91.6 cm³/mol. The number of thiophene rings is 1. The molecule has 0 saturated carbocycles. The highest BCUT2D eigenvalue weighted by atomic mass is 79.9. The van der Waals surface area contributed by atoms with E-state index in [-0.39, 0.29) is 0 Å². The molecule has 21 heavy (non-hydrogen) atoms. The highest BCUT2D eigenvalue weighted by molar-refractivity contribution is 9.10. The zero-order valence-corrected chi connectivity index (χ0v) is 14.9. The lowest BCUT2D eigenvalue weighted by Crippen LogP contribution is -2.27. The Morgan fingerprint density at radius 3 is 2.57 bits per heavy atom. The molecule has 1 N–H and O–H groups in total. The summed E-state index contributed by atoms with van der Waals surface area (Å²) in [5, 5.41) is 5.65. The minimum absolute atomic E-state index is 0.386. The van der Waals surface area contributed by atoms with E-state index in [0.29, 0.717) is 6.04 Å². The van der Waals surface area contributed by atoms with Crippen LogP contribution in [0.5, 0.6) is 11.5 Å². The van der Waals surface area contributed by atoms with E-state index in [0.717, 1.165) is 24.5 Å². The molecule has 2 aromatic rings. The Morgan fingerprint density at radius 2 is 1.95 bits per heavy atom. The largest absolute Gasteiger partial charge is 0.493 e. The van der Waals surface area contributed by atoms with Gasteiger partial charge in [-0.3, -0.25) is 0 Å². The molecule has 1 heterocycles. The van der Waals surface area contributed by atoms with Crippen LogP contribution in [0.3, 0.4) is 0 Å². The van der Waals surface area contributed by atoms with E-state index >= 15 is 0 Å². The zero-order chi connectivity index (χ0) is 15.2. The summed E-state index contributed by atoms with van der Waals surface area (Å²) >= 11 is 5.32. The summed E-state index contributed by atoms with van der Waals surface area (Å²) in [7, 11) is 3.32. The van der Waals surface area contributed by atoms with Gasteiger partial charge in [-0.2, -0.15) is 0 Å². The summed E-state index contributed by atoms with van der Waals surface area (Å²) in [6.07, 6.45) is 0.948. The lowest BCUT2D eigenvalue weighted by atomic mass is 10.1. The molecular weight excluding hydrogens is 350 g/mol. The molecule has 0 amide bonds. The molecular formula is C16H20BrNO2S. The maximum Gasteiger partial charge on any atom is 0.160 e. The van der Waals surface area contributed by atoms with Crippen LogP contribution in [0.15, 0.2) is 34.1 Å². The number of methoxy groups -OCH3 is 2. The third-order valence-electron chi connectivity index (χ3n) is 3.29. The van der Waals surface area contributed by atoms with E-state index in [1.807, 2.05) is 12.1 Å². The van der Waals surface area contributed by atoms with Crippen molar-refractivity contribution in [2.24, 2.45) is 0 Å². The van der Waals surface area contributed by atoms with Crippen LogP contribution in [0.2, 0.25) is 0 Å². The molecule has 0 radical (unpaired) electrons. The standard InChI is InChI=1S/C16H20BrNO2S/c1-11(18-10-16-13(17)6-7-21-16)8-12-4-5-14(19-2)15(9-12)20-3/h4-7,9,11,18H,8,10H2,1-3H3. The molecule has 0 fully saturated rings. The Morgan fingerprint density at radius 1 is 1.19 bits per heavy atom. The van der Waals surface area contributed by atoms with Crippen LogP contribution in [0, 0.1) is 0 Å². The quantitative estimate of drug-likeness (QED) is 0.791. The van der Waals surface area contributed by atoms with Crippen molar-refractivity contribution >= 4 is 27.3 Å². The summed E-state index contributed by atoms with van der Waals surface area (Å²) in [5.74, 6) is 1.55. The average molecular weight is 370 g/mol. The second kappa shape index (κ2) is 7.82. The van der Waals surface area contributed by atoms with E-state index < -0.39 is 0 Å². The SMILES string of the molecule is COc1ccc(CC(C)NCc2sccc2Br)cc1OC. The summed E-state index contributed by atoms with van der Waals surface area (Å²) < 4.78 is 11.8. The van der Waals surface area contributed by atoms with E-state index in [9.17, 15) is 0 Å². The van der Waals surface area contributed by atoms with Gasteiger partial charge < -0.3 is 14.8 Å². The first kappa shape index (κ1) is 16.3. The van der Waals surface area contributed by atoms with Gasteiger partial charge in [-0.1, -0.05) is 6.07 Å². The summed E-state index contributed by atoms with van der Waals surface area (Å²) in [5.41, 5.74) is 1.23. The highest BCUT2D eigenvalue weighted by Crippen LogP contribution is 2.28. The van der Waals surface area contributed by atoms with Crippen molar-refractivity contribution in [1.82, 2.24) is 5.32 Å². The number of halogens is 1. The average Bonchev–Trinajstić information content (AvgIpc) is 2.90. The fourth-order valence-electron chi connectivity index (χ4n) is 2.15. The van der Waals surface area contributed by atoms with Crippen molar-refractivity contribution in [1.29, 1.82) is 0 Å². The number of ether oxygens (including phenoxy) is 2. The normalized spacial score (nSPS) is 12.2. The maximum atomic E-state index is 5.34. The van der Waals surface area contributed by atoms with Gasteiger partial charge in [0, 0.05) is 21.9 Å². The zero-order valence-electron chi connectivity index (χ0n) is 12.5. The summed E-state index contributed by atoms with van der Waals surface area (Å²) in [6.45, 7) is 3.07.